The van der Waals surface area contributed by atoms with E-state index in [1.54, 1.807) is 13.3 Å². The lowest BCUT2D eigenvalue weighted by Gasteiger charge is -2.16. The monoisotopic (exact) mass is 345 g/mol. The molecule has 1 unspecified atom stereocenters. The summed E-state index contributed by atoms with van der Waals surface area (Å²) < 4.78 is 8.26. The number of rotatable bonds is 6. The average molecular weight is 347 g/mol. The lowest BCUT2D eigenvalue weighted by molar-refractivity contribution is 0.181. The second-order valence-corrected chi connectivity index (χ2v) is 5.76. The molecule has 0 aliphatic heterocycles. The molecule has 0 N–H and O–H groups in total. The standard InChI is InChI=1S/C13H17BrClN3O/c1-9(4-6-19-2)18-12(3-5-15)17-11-7-10(14)8-16-13(11)18/h7-9H,3-6H2,1-2H3. The highest BCUT2D eigenvalue weighted by atomic mass is 79.9. The van der Waals surface area contributed by atoms with Crippen LogP contribution in [0.4, 0.5) is 0 Å². The van der Waals surface area contributed by atoms with Crippen molar-refractivity contribution in [2.45, 2.75) is 25.8 Å². The Kier molecular flexibility index (Phi) is 5.19. The maximum Gasteiger partial charge on any atom is 0.160 e. The molecule has 0 aromatic carbocycles. The van der Waals surface area contributed by atoms with Crippen molar-refractivity contribution in [1.29, 1.82) is 0 Å². The molecule has 0 spiro atoms. The molecule has 0 aliphatic rings. The molecule has 2 rings (SSSR count). The van der Waals surface area contributed by atoms with Gasteiger partial charge in [0.2, 0.25) is 0 Å². The topological polar surface area (TPSA) is 39.9 Å². The van der Waals surface area contributed by atoms with E-state index in [9.17, 15) is 0 Å². The van der Waals surface area contributed by atoms with Crippen molar-refractivity contribution in [3.8, 4) is 0 Å². The molecule has 2 aromatic heterocycles. The van der Waals surface area contributed by atoms with Crippen molar-refractivity contribution in [2.75, 3.05) is 19.6 Å². The number of nitrogens with zero attached hydrogens (tertiary/aromatic N) is 3. The predicted molar refractivity (Wildman–Crippen MR) is 80.9 cm³/mol. The Morgan fingerprint density at radius 3 is 3.00 bits per heavy atom. The fraction of sp³-hybridized carbons (Fsp3) is 0.538. The van der Waals surface area contributed by atoms with Gasteiger partial charge in [0.05, 0.1) is 0 Å². The minimum absolute atomic E-state index is 0.289. The van der Waals surface area contributed by atoms with Crippen molar-refractivity contribution in [2.24, 2.45) is 0 Å². The van der Waals surface area contributed by atoms with Gasteiger partial charge in [0.1, 0.15) is 11.3 Å². The van der Waals surface area contributed by atoms with Gasteiger partial charge >= 0.3 is 0 Å². The molecule has 6 heteroatoms. The third kappa shape index (κ3) is 3.27. The van der Waals surface area contributed by atoms with Crippen molar-refractivity contribution in [3.63, 3.8) is 0 Å². The number of imidazole rings is 1. The first-order valence-corrected chi connectivity index (χ1v) is 7.57. The summed E-state index contributed by atoms with van der Waals surface area (Å²) in [6, 6.07) is 2.27. The van der Waals surface area contributed by atoms with Crippen LogP contribution in [0.1, 0.15) is 25.2 Å². The first-order chi connectivity index (χ1) is 9.17. The summed E-state index contributed by atoms with van der Waals surface area (Å²) in [6.07, 6.45) is 3.47. The van der Waals surface area contributed by atoms with Gasteiger partial charge in [-0.3, -0.25) is 0 Å². The number of ether oxygens (including phenoxy) is 1. The molecule has 0 fully saturated rings. The molecule has 0 bridgehead atoms. The lowest BCUT2D eigenvalue weighted by Crippen LogP contribution is -2.12. The largest absolute Gasteiger partial charge is 0.385 e. The third-order valence-electron chi connectivity index (χ3n) is 3.07. The molecule has 19 heavy (non-hydrogen) atoms. The summed E-state index contributed by atoms with van der Waals surface area (Å²) in [7, 11) is 1.72. The predicted octanol–water partition coefficient (Wildman–Crippen LogP) is 3.57. The first-order valence-electron chi connectivity index (χ1n) is 6.24. The minimum Gasteiger partial charge on any atom is -0.385 e. The highest BCUT2D eigenvalue weighted by Crippen LogP contribution is 2.24. The van der Waals surface area contributed by atoms with E-state index in [2.05, 4.69) is 37.4 Å². The van der Waals surface area contributed by atoms with Gasteiger partial charge in [-0.25, -0.2) is 9.97 Å². The van der Waals surface area contributed by atoms with E-state index in [1.165, 1.54) is 0 Å². The second kappa shape index (κ2) is 6.68. The number of aromatic nitrogens is 3. The van der Waals surface area contributed by atoms with Crippen molar-refractivity contribution >= 4 is 38.7 Å². The van der Waals surface area contributed by atoms with Crippen LogP contribution in [0.15, 0.2) is 16.7 Å². The summed E-state index contributed by atoms with van der Waals surface area (Å²) in [6.45, 7) is 2.87. The average Bonchev–Trinajstić information content (AvgIpc) is 2.73. The van der Waals surface area contributed by atoms with Crippen LogP contribution in [0.5, 0.6) is 0 Å². The van der Waals surface area contributed by atoms with E-state index in [0.29, 0.717) is 5.88 Å². The molecule has 0 saturated heterocycles. The quantitative estimate of drug-likeness (QED) is 0.751. The van der Waals surface area contributed by atoms with Crippen molar-refractivity contribution in [1.82, 2.24) is 14.5 Å². The van der Waals surface area contributed by atoms with Crippen LogP contribution in [0.25, 0.3) is 11.2 Å². The Morgan fingerprint density at radius 2 is 2.32 bits per heavy atom. The summed E-state index contributed by atoms with van der Waals surface area (Å²) >= 11 is 9.29. The molecule has 1 atom stereocenters. The number of hydrogen-bond acceptors (Lipinski definition) is 3. The van der Waals surface area contributed by atoms with E-state index in [1.807, 2.05) is 6.07 Å². The fourth-order valence-electron chi connectivity index (χ4n) is 2.15. The van der Waals surface area contributed by atoms with Crippen LogP contribution in [0.3, 0.4) is 0 Å². The zero-order valence-corrected chi connectivity index (χ0v) is 13.4. The van der Waals surface area contributed by atoms with Crippen LogP contribution in [-0.2, 0) is 11.2 Å². The Labute approximate surface area is 126 Å². The Bertz CT molecular complexity index is 558. The smallest absolute Gasteiger partial charge is 0.160 e. The zero-order chi connectivity index (χ0) is 13.8. The van der Waals surface area contributed by atoms with Crippen LogP contribution >= 0.6 is 27.5 Å². The maximum atomic E-state index is 5.87. The van der Waals surface area contributed by atoms with Gasteiger partial charge in [-0.1, -0.05) is 0 Å². The summed E-state index contributed by atoms with van der Waals surface area (Å²) in [5, 5.41) is 0. The number of halogens is 2. The Balaban J connectivity index is 2.45. The summed E-state index contributed by atoms with van der Waals surface area (Å²) in [4.78, 5) is 9.12. The van der Waals surface area contributed by atoms with Gasteiger partial charge < -0.3 is 9.30 Å². The van der Waals surface area contributed by atoms with E-state index in [-0.39, 0.29) is 6.04 Å². The number of hydrogen-bond donors (Lipinski definition) is 0. The molecular weight excluding hydrogens is 330 g/mol. The van der Waals surface area contributed by atoms with E-state index >= 15 is 0 Å². The van der Waals surface area contributed by atoms with Crippen LogP contribution in [-0.4, -0.2) is 34.1 Å². The Morgan fingerprint density at radius 1 is 1.53 bits per heavy atom. The number of pyridine rings is 1. The lowest BCUT2D eigenvalue weighted by atomic mass is 10.2. The van der Waals surface area contributed by atoms with E-state index in [4.69, 9.17) is 16.3 Å². The number of alkyl halides is 1. The highest BCUT2D eigenvalue weighted by Gasteiger charge is 2.16. The third-order valence-corrected chi connectivity index (χ3v) is 3.69. The molecule has 0 aliphatic carbocycles. The SMILES string of the molecule is COCCC(C)n1c(CCCl)nc2cc(Br)cnc21. The normalized spacial score (nSPS) is 13.1. The van der Waals surface area contributed by atoms with Gasteiger partial charge in [0.25, 0.3) is 0 Å². The van der Waals surface area contributed by atoms with Gasteiger partial charge in [0.15, 0.2) is 5.65 Å². The zero-order valence-electron chi connectivity index (χ0n) is 11.1. The van der Waals surface area contributed by atoms with Crippen LogP contribution < -0.4 is 0 Å². The maximum absolute atomic E-state index is 5.87. The number of fused-ring (bicyclic) bond motifs is 1. The first kappa shape index (κ1) is 14.8. The van der Waals surface area contributed by atoms with E-state index < -0.39 is 0 Å². The van der Waals surface area contributed by atoms with Gasteiger partial charge in [-0.2, -0.15) is 0 Å². The van der Waals surface area contributed by atoms with Crippen LogP contribution in [0, 0.1) is 0 Å². The molecule has 2 heterocycles. The minimum atomic E-state index is 0.289. The molecule has 0 amide bonds. The van der Waals surface area contributed by atoms with Gasteiger partial charge in [-0.05, 0) is 35.3 Å². The van der Waals surface area contributed by atoms with E-state index in [0.717, 1.165) is 40.9 Å². The fourth-order valence-corrected chi connectivity index (χ4v) is 2.63. The van der Waals surface area contributed by atoms with Gasteiger partial charge in [0, 0.05) is 42.7 Å². The molecule has 4 nitrogen and oxygen atoms in total. The Hall–Kier alpha value is -0.650. The molecule has 0 saturated carbocycles. The second-order valence-electron chi connectivity index (χ2n) is 4.46. The van der Waals surface area contributed by atoms with Gasteiger partial charge in [-0.15, -0.1) is 11.6 Å². The summed E-state index contributed by atoms with van der Waals surface area (Å²) in [5.74, 6) is 1.54. The number of methoxy groups -OCH3 is 1. The molecule has 0 radical (unpaired) electrons. The van der Waals surface area contributed by atoms with Crippen molar-refractivity contribution in [3.05, 3.63) is 22.6 Å². The molecule has 104 valence electrons. The van der Waals surface area contributed by atoms with Crippen LogP contribution in [0.2, 0.25) is 0 Å². The molecule has 2 aromatic rings. The number of aryl methyl sites for hydroxylation is 1. The van der Waals surface area contributed by atoms with Crippen molar-refractivity contribution < 1.29 is 4.74 Å². The highest BCUT2D eigenvalue weighted by molar-refractivity contribution is 9.10. The molecular formula is C13H17BrClN3O. The summed E-state index contributed by atoms with van der Waals surface area (Å²) in [5.41, 5.74) is 1.81.